The van der Waals surface area contributed by atoms with Crippen LogP contribution in [0.3, 0.4) is 0 Å². The SMILES string of the molecule is CCc1cnc(N2CC(Oc3ccc(-c4ccc(C)cc4F)cc3)C2)nc1. The Kier molecular flexibility index (Phi) is 4.75. The molecule has 138 valence electrons. The third kappa shape index (κ3) is 3.77. The van der Waals surface area contributed by atoms with Gasteiger partial charge < -0.3 is 9.64 Å². The molecule has 0 saturated carbocycles. The van der Waals surface area contributed by atoms with E-state index in [1.807, 2.05) is 55.7 Å². The fourth-order valence-corrected chi connectivity index (χ4v) is 3.13. The number of rotatable bonds is 5. The van der Waals surface area contributed by atoms with Crippen molar-refractivity contribution in [1.29, 1.82) is 0 Å². The molecule has 2 aromatic carbocycles. The number of hydrogen-bond donors (Lipinski definition) is 0. The fraction of sp³-hybridized carbons (Fsp3) is 0.273. The summed E-state index contributed by atoms with van der Waals surface area (Å²) < 4.78 is 20.1. The first-order valence-electron chi connectivity index (χ1n) is 9.21. The zero-order chi connectivity index (χ0) is 18.8. The molecule has 2 heterocycles. The van der Waals surface area contributed by atoms with E-state index in [9.17, 15) is 4.39 Å². The van der Waals surface area contributed by atoms with Gasteiger partial charge in [-0.05, 0) is 48.2 Å². The highest BCUT2D eigenvalue weighted by molar-refractivity contribution is 5.65. The number of halogens is 1. The van der Waals surface area contributed by atoms with Crippen molar-refractivity contribution in [2.24, 2.45) is 0 Å². The second-order valence-corrected chi connectivity index (χ2v) is 6.90. The van der Waals surface area contributed by atoms with E-state index in [0.717, 1.165) is 47.9 Å². The van der Waals surface area contributed by atoms with Crippen molar-refractivity contribution in [3.63, 3.8) is 0 Å². The van der Waals surface area contributed by atoms with Crippen molar-refractivity contribution in [3.8, 4) is 16.9 Å². The third-order valence-electron chi connectivity index (χ3n) is 4.82. The van der Waals surface area contributed by atoms with Gasteiger partial charge in [0.1, 0.15) is 17.7 Å². The Balaban J connectivity index is 1.35. The van der Waals surface area contributed by atoms with Crippen LogP contribution < -0.4 is 9.64 Å². The van der Waals surface area contributed by atoms with E-state index in [-0.39, 0.29) is 11.9 Å². The molecule has 0 aliphatic carbocycles. The second kappa shape index (κ2) is 7.35. The van der Waals surface area contributed by atoms with Gasteiger partial charge in [0.15, 0.2) is 0 Å². The van der Waals surface area contributed by atoms with Gasteiger partial charge in [-0.25, -0.2) is 14.4 Å². The summed E-state index contributed by atoms with van der Waals surface area (Å²) >= 11 is 0. The molecule has 0 unspecified atom stereocenters. The molecule has 0 bridgehead atoms. The molecular formula is C22H22FN3O. The maximum atomic E-state index is 14.1. The van der Waals surface area contributed by atoms with Gasteiger partial charge in [-0.3, -0.25) is 0 Å². The highest BCUT2D eigenvalue weighted by Crippen LogP contribution is 2.27. The Hall–Kier alpha value is -2.95. The molecule has 0 spiro atoms. The number of ether oxygens (including phenoxy) is 1. The topological polar surface area (TPSA) is 38.2 Å². The lowest BCUT2D eigenvalue weighted by molar-refractivity contribution is 0.166. The van der Waals surface area contributed by atoms with Crippen LogP contribution in [0.2, 0.25) is 0 Å². The molecule has 0 amide bonds. The average Bonchev–Trinajstić information content (AvgIpc) is 2.65. The molecule has 1 saturated heterocycles. The van der Waals surface area contributed by atoms with E-state index < -0.39 is 0 Å². The number of nitrogens with zero attached hydrogens (tertiary/aromatic N) is 3. The van der Waals surface area contributed by atoms with Crippen LogP contribution in [0, 0.1) is 12.7 Å². The molecule has 4 rings (SSSR count). The summed E-state index contributed by atoms with van der Waals surface area (Å²) in [5.41, 5.74) is 3.50. The van der Waals surface area contributed by atoms with E-state index in [1.165, 1.54) is 0 Å². The highest BCUT2D eigenvalue weighted by Gasteiger charge is 2.30. The summed E-state index contributed by atoms with van der Waals surface area (Å²) in [5, 5.41) is 0. The van der Waals surface area contributed by atoms with Crippen molar-refractivity contribution < 1.29 is 9.13 Å². The normalized spacial score (nSPS) is 14.1. The molecule has 0 radical (unpaired) electrons. The lowest BCUT2D eigenvalue weighted by Crippen LogP contribution is -2.54. The summed E-state index contributed by atoms with van der Waals surface area (Å²) in [7, 11) is 0. The average molecular weight is 363 g/mol. The van der Waals surface area contributed by atoms with Crippen molar-refractivity contribution in [1.82, 2.24) is 9.97 Å². The summed E-state index contributed by atoms with van der Waals surface area (Å²) in [6.45, 7) is 5.50. The molecule has 0 atom stereocenters. The van der Waals surface area contributed by atoms with E-state index in [4.69, 9.17) is 4.74 Å². The summed E-state index contributed by atoms with van der Waals surface area (Å²) in [6.07, 6.45) is 4.80. The Morgan fingerprint density at radius 2 is 1.78 bits per heavy atom. The van der Waals surface area contributed by atoms with E-state index in [1.54, 1.807) is 6.07 Å². The predicted molar refractivity (Wildman–Crippen MR) is 105 cm³/mol. The maximum absolute atomic E-state index is 14.1. The van der Waals surface area contributed by atoms with Crippen LogP contribution in [-0.2, 0) is 6.42 Å². The molecule has 1 fully saturated rings. The van der Waals surface area contributed by atoms with Crippen molar-refractivity contribution in [2.45, 2.75) is 26.4 Å². The van der Waals surface area contributed by atoms with Gasteiger partial charge in [-0.15, -0.1) is 0 Å². The van der Waals surface area contributed by atoms with Gasteiger partial charge in [0.2, 0.25) is 5.95 Å². The van der Waals surface area contributed by atoms with Gasteiger partial charge in [-0.2, -0.15) is 0 Å². The summed E-state index contributed by atoms with van der Waals surface area (Å²) in [4.78, 5) is 10.9. The molecule has 27 heavy (non-hydrogen) atoms. The van der Waals surface area contributed by atoms with Crippen LogP contribution in [0.4, 0.5) is 10.3 Å². The van der Waals surface area contributed by atoms with Crippen LogP contribution >= 0.6 is 0 Å². The zero-order valence-electron chi connectivity index (χ0n) is 15.5. The summed E-state index contributed by atoms with van der Waals surface area (Å²) in [5.74, 6) is 1.34. The lowest BCUT2D eigenvalue weighted by Gasteiger charge is -2.38. The van der Waals surface area contributed by atoms with Crippen molar-refractivity contribution >= 4 is 5.95 Å². The van der Waals surface area contributed by atoms with Crippen LogP contribution in [0.15, 0.2) is 54.9 Å². The van der Waals surface area contributed by atoms with Crippen molar-refractivity contribution in [3.05, 3.63) is 71.8 Å². The minimum absolute atomic E-state index is 0.112. The third-order valence-corrected chi connectivity index (χ3v) is 4.82. The highest BCUT2D eigenvalue weighted by atomic mass is 19.1. The zero-order valence-corrected chi connectivity index (χ0v) is 15.5. The smallest absolute Gasteiger partial charge is 0.225 e. The van der Waals surface area contributed by atoms with Gasteiger partial charge in [-0.1, -0.05) is 31.2 Å². The fourth-order valence-electron chi connectivity index (χ4n) is 3.13. The lowest BCUT2D eigenvalue weighted by atomic mass is 10.0. The standard InChI is InChI=1S/C22H22FN3O/c1-3-16-11-24-22(25-12-16)26-13-19(14-26)27-18-7-5-17(6-8-18)20-9-4-15(2)10-21(20)23/h4-12,19H,3,13-14H2,1-2H3. The van der Waals surface area contributed by atoms with Gasteiger partial charge in [0, 0.05) is 18.0 Å². The molecule has 1 aliphatic heterocycles. The number of aryl methyl sites for hydroxylation is 2. The molecular weight excluding hydrogens is 341 g/mol. The molecule has 4 nitrogen and oxygen atoms in total. The monoisotopic (exact) mass is 363 g/mol. The first-order chi connectivity index (χ1) is 13.1. The van der Waals surface area contributed by atoms with Crippen LogP contribution in [0.5, 0.6) is 5.75 Å². The number of hydrogen-bond acceptors (Lipinski definition) is 4. The number of benzene rings is 2. The van der Waals surface area contributed by atoms with E-state index >= 15 is 0 Å². The molecule has 1 aliphatic rings. The second-order valence-electron chi connectivity index (χ2n) is 6.90. The van der Waals surface area contributed by atoms with Gasteiger partial charge in [0.05, 0.1) is 13.1 Å². The Bertz CT molecular complexity index is 919. The molecule has 5 heteroatoms. The Labute approximate surface area is 158 Å². The van der Waals surface area contributed by atoms with Crippen molar-refractivity contribution in [2.75, 3.05) is 18.0 Å². The quantitative estimate of drug-likeness (QED) is 0.673. The Morgan fingerprint density at radius 3 is 2.41 bits per heavy atom. The number of aromatic nitrogens is 2. The Morgan fingerprint density at radius 1 is 1.07 bits per heavy atom. The molecule has 1 aromatic heterocycles. The van der Waals surface area contributed by atoms with Crippen LogP contribution in [-0.4, -0.2) is 29.2 Å². The molecule has 0 N–H and O–H groups in total. The van der Waals surface area contributed by atoms with Gasteiger partial charge in [0.25, 0.3) is 0 Å². The minimum Gasteiger partial charge on any atom is -0.487 e. The van der Waals surface area contributed by atoms with E-state index in [0.29, 0.717) is 5.56 Å². The molecule has 3 aromatic rings. The summed E-state index contributed by atoms with van der Waals surface area (Å²) in [6, 6.07) is 12.9. The van der Waals surface area contributed by atoms with Gasteiger partial charge >= 0.3 is 0 Å². The first-order valence-corrected chi connectivity index (χ1v) is 9.21. The predicted octanol–water partition coefficient (Wildman–Crippen LogP) is 4.42. The van der Waals surface area contributed by atoms with Crippen LogP contribution in [0.1, 0.15) is 18.1 Å². The first kappa shape index (κ1) is 17.5. The maximum Gasteiger partial charge on any atom is 0.225 e. The minimum atomic E-state index is -0.201. The number of anilines is 1. The largest absolute Gasteiger partial charge is 0.487 e. The van der Waals surface area contributed by atoms with Crippen LogP contribution in [0.25, 0.3) is 11.1 Å². The van der Waals surface area contributed by atoms with E-state index in [2.05, 4.69) is 21.8 Å².